The van der Waals surface area contributed by atoms with Crippen LogP contribution in [-0.2, 0) is 11.2 Å². The van der Waals surface area contributed by atoms with Crippen molar-refractivity contribution in [2.24, 2.45) is 5.41 Å². The fraction of sp³-hybridized carbons (Fsp3) is 0.440. The number of aromatic amines is 1. The molecule has 1 aliphatic heterocycles. The van der Waals surface area contributed by atoms with Gasteiger partial charge in [0.2, 0.25) is 0 Å². The molecule has 0 atom stereocenters. The molecule has 0 radical (unpaired) electrons. The Kier molecular flexibility index (Phi) is 6.69. The third kappa shape index (κ3) is 5.42. The molecular formula is C25H38N6O2S. The molecule has 1 aromatic carbocycles. The molecular weight excluding hydrogens is 448 g/mol. The van der Waals surface area contributed by atoms with Crippen LogP contribution in [0.2, 0.25) is 0 Å². The lowest BCUT2D eigenvalue weighted by Crippen LogP contribution is -2.68. The summed E-state index contributed by atoms with van der Waals surface area (Å²) in [5.74, 6) is 2.30. The molecule has 8 nitrogen and oxygen atoms in total. The maximum Gasteiger partial charge on any atom is 0.196 e. The quantitative estimate of drug-likeness (QED) is 0.370. The highest BCUT2D eigenvalue weighted by Gasteiger charge is 2.50. The third-order valence-corrected chi connectivity index (χ3v) is 7.08. The van der Waals surface area contributed by atoms with Gasteiger partial charge in [0.25, 0.3) is 0 Å². The Hall–Kier alpha value is -2.91. The second-order valence-electron chi connectivity index (χ2n) is 9.91. The van der Waals surface area contributed by atoms with Crippen LogP contribution in [0.5, 0.6) is 0 Å². The van der Waals surface area contributed by atoms with Crippen LogP contribution in [0, 0.1) is 12.3 Å². The van der Waals surface area contributed by atoms with E-state index in [9.17, 15) is 9.90 Å². The summed E-state index contributed by atoms with van der Waals surface area (Å²) in [6.07, 6.45) is 1.000. The molecule has 0 amide bonds. The molecule has 1 saturated heterocycles. The van der Waals surface area contributed by atoms with Crippen molar-refractivity contribution < 1.29 is 14.2 Å². The van der Waals surface area contributed by atoms with Gasteiger partial charge in [-0.3, -0.25) is 9.89 Å². The average Bonchev–Trinajstić information content (AvgIpc) is 3.16. The smallest absolute Gasteiger partial charge is 0.196 e. The zero-order chi connectivity index (χ0) is 24.5. The number of nitrogens with one attached hydrogen (secondary N) is 2. The minimum Gasteiger partial charge on any atom is -0.386 e. The number of carbonyl (C=O) groups is 1. The average molecular weight is 487 g/mol. The Morgan fingerprint density at radius 3 is 2.50 bits per heavy atom. The van der Waals surface area contributed by atoms with Gasteiger partial charge in [-0.15, -0.1) is 0 Å². The molecule has 186 valence electrons. The molecule has 2 aromatic heterocycles. The van der Waals surface area contributed by atoms with Crippen molar-refractivity contribution in [3.63, 3.8) is 0 Å². The first kappa shape index (κ1) is 24.2. The van der Waals surface area contributed by atoms with Crippen LogP contribution in [-0.4, -0.2) is 49.7 Å². The fourth-order valence-electron chi connectivity index (χ4n) is 3.65. The van der Waals surface area contributed by atoms with Crippen LogP contribution in [0.15, 0.2) is 46.5 Å². The minimum atomic E-state index is -0.760. The maximum atomic E-state index is 11.7. The number of nitrogens with zero attached hydrogens (tertiary/aromatic N) is 4. The number of carbonyl (C=O) groups excluding carboxylic acids is 1. The largest absolute Gasteiger partial charge is 0.386 e. The SMILES string of the molecule is CCC(=O)Cc1ccc(Sc2nc(Nc3cc(C)[nH]n3)cc(N3CC(O)(C(C)(C)C)C3)n2)cc1.[HH].[HH].[HH]. The molecule has 3 heterocycles. The van der Waals surface area contributed by atoms with Crippen molar-refractivity contribution in [2.45, 2.75) is 63.1 Å². The summed E-state index contributed by atoms with van der Waals surface area (Å²) in [7, 11) is 0. The number of hydrogen-bond donors (Lipinski definition) is 3. The van der Waals surface area contributed by atoms with E-state index in [-0.39, 0.29) is 15.5 Å². The highest BCUT2D eigenvalue weighted by Crippen LogP contribution is 2.40. The molecule has 9 heteroatoms. The second-order valence-corrected chi connectivity index (χ2v) is 10.9. The standard InChI is InChI=1S/C25H32N6O2S.3H2/c1-6-18(32)12-17-7-9-19(10-8-17)34-23-27-20(26-21-11-16(2)29-30-21)13-22(28-23)31-14-25(33,15-31)24(3,4)5;;;/h7-11,13,33H,6,12,14-15H2,1-5H3,(H2,26,27,28,29,30);3*1H. The van der Waals surface area contributed by atoms with Crippen molar-refractivity contribution in [1.82, 2.24) is 20.2 Å². The summed E-state index contributed by atoms with van der Waals surface area (Å²) in [6, 6.07) is 11.7. The van der Waals surface area contributed by atoms with Crippen LogP contribution in [0.3, 0.4) is 0 Å². The van der Waals surface area contributed by atoms with Crippen molar-refractivity contribution in [1.29, 1.82) is 0 Å². The number of hydrogen-bond acceptors (Lipinski definition) is 8. The van der Waals surface area contributed by atoms with Crippen molar-refractivity contribution in [3.05, 3.63) is 47.7 Å². The molecule has 0 unspecified atom stereocenters. The molecule has 4 rings (SSSR count). The van der Waals surface area contributed by atoms with E-state index in [0.29, 0.717) is 42.7 Å². The van der Waals surface area contributed by atoms with Gasteiger partial charge in [0.1, 0.15) is 23.0 Å². The lowest BCUT2D eigenvalue weighted by atomic mass is 9.71. The van der Waals surface area contributed by atoms with E-state index in [1.807, 2.05) is 50.2 Å². The van der Waals surface area contributed by atoms with E-state index in [2.05, 4.69) is 46.2 Å². The predicted octanol–water partition coefficient (Wildman–Crippen LogP) is 5.26. The third-order valence-electron chi connectivity index (χ3n) is 6.21. The Balaban J connectivity index is 0.00000228. The van der Waals surface area contributed by atoms with Gasteiger partial charge in [0.05, 0.1) is 13.1 Å². The Bertz CT molecular complexity index is 1180. The number of Topliss-reactive ketones (excluding diaryl/α,β-unsaturated/α-hetero) is 1. The molecule has 1 aliphatic rings. The molecule has 1 fully saturated rings. The molecule has 0 spiro atoms. The number of aliphatic hydroxyl groups is 1. The zero-order valence-corrected chi connectivity index (χ0v) is 21.2. The maximum absolute atomic E-state index is 11.7. The van der Waals surface area contributed by atoms with Crippen LogP contribution in [0.4, 0.5) is 17.5 Å². The summed E-state index contributed by atoms with van der Waals surface area (Å²) < 4.78 is 0. The van der Waals surface area contributed by atoms with Gasteiger partial charge in [0, 0.05) is 39.8 Å². The normalized spacial score (nSPS) is 15.2. The summed E-state index contributed by atoms with van der Waals surface area (Å²) in [5, 5.41) is 22.0. The van der Waals surface area contributed by atoms with Crippen molar-refractivity contribution in [3.8, 4) is 0 Å². The Labute approximate surface area is 209 Å². The first-order valence-corrected chi connectivity index (χ1v) is 12.3. The lowest BCUT2D eigenvalue weighted by Gasteiger charge is -2.54. The molecule has 3 N–H and O–H groups in total. The van der Waals surface area contributed by atoms with Gasteiger partial charge >= 0.3 is 0 Å². The summed E-state index contributed by atoms with van der Waals surface area (Å²) in [6.45, 7) is 11.0. The summed E-state index contributed by atoms with van der Waals surface area (Å²) in [5.41, 5.74) is 0.974. The monoisotopic (exact) mass is 486 g/mol. The van der Waals surface area contributed by atoms with E-state index >= 15 is 0 Å². The van der Waals surface area contributed by atoms with E-state index < -0.39 is 5.60 Å². The number of H-pyrrole nitrogens is 1. The van der Waals surface area contributed by atoms with Crippen molar-refractivity contribution >= 4 is 35.0 Å². The minimum absolute atomic E-state index is 0. The highest BCUT2D eigenvalue weighted by atomic mass is 32.2. The topological polar surface area (TPSA) is 107 Å². The molecule has 3 aromatic rings. The van der Waals surface area contributed by atoms with Crippen LogP contribution in [0.1, 0.15) is 49.7 Å². The van der Waals surface area contributed by atoms with Crippen molar-refractivity contribution in [2.75, 3.05) is 23.3 Å². The lowest BCUT2D eigenvalue weighted by molar-refractivity contribution is -0.118. The Morgan fingerprint density at radius 1 is 1.21 bits per heavy atom. The molecule has 0 aliphatic carbocycles. The van der Waals surface area contributed by atoms with E-state index in [0.717, 1.165) is 22.0 Å². The number of anilines is 3. The van der Waals surface area contributed by atoms with Gasteiger partial charge in [-0.2, -0.15) is 5.10 Å². The molecule has 0 bridgehead atoms. The number of rotatable bonds is 8. The van der Waals surface area contributed by atoms with Gasteiger partial charge in [0.15, 0.2) is 11.0 Å². The van der Waals surface area contributed by atoms with Gasteiger partial charge in [-0.1, -0.05) is 39.8 Å². The number of aromatic nitrogens is 4. The predicted molar refractivity (Wildman–Crippen MR) is 141 cm³/mol. The van der Waals surface area contributed by atoms with E-state index in [1.165, 1.54) is 11.8 Å². The zero-order valence-electron chi connectivity index (χ0n) is 20.3. The van der Waals surface area contributed by atoms with E-state index in [4.69, 9.17) is 4.98 Å². The van der Waals surface area contributed by atoms with Crippen LogP contribution in [0.25, 0.3) is 0 Å². The van der Waals surface area contributed by atoms with Crippen LogP contribution < -0.4 is 10.2 Å². The summed E-state index contributed by atoms with van der Waals surface area (Å²) >= 11 is 1.46. The highest BCUT2D eigenvalue weighted by molar-refractivity contribution is 7.99. The molecule has 0 saturated carbocycles. The summed E-state index contributed by atoms with van der Waals surface area (Å²) in [4.78, 5) is 24.2. The number of benzene rings is 1. The van der Waals surface area contributed by atoms with Gasteiger partial charge in [-0.05, 0) is 41.8 Å². The first-order valence-electron chi connectivity index (χ1n) is 11.5. The number of aryl methyl sites for hydroxylation is 1. The first-order chi connectivity index (χ1) is 16.0. The molecule has 34 heavy (non-hydrogen) atoms. The van der Waals surface area contributed by atoms with Gasteiger partial charge < -0.3 is 15.3 Å². The van der Waals surface area contributed by atoms with Gasteiger partial charge in [-0.25, -0.2) is 9.97 Å². The fourth-order valence-corrected chi connectivity index (χ4v) is 4.42. The van der Waals surface area contributed by atoms with Crippen LogP contribution >= 0.6 is 11.8 Å². The number of β-amino-alcohol motifs (C(OH)–C–C–N with tert-alkyl or cyclic N) is 1. The Morgan fingerprint density at radius 2 is 1.91 bits per heavy atom. The van der Waals surface area contributed by atoms with E-state index in [1.54, 1.807) is 0 Å². The number of ketones is 1. The second kappa shape index (κ2) is 9.38.